The van der Waals surface area contributed by atoms with Crippen LogP contribution in [-0.2, 0) is 6.54 Å². The Labute approximate surface area is 116 Å². The molecule has 0 radical (unpaired) electrons. The van der Waals surface area contributed by atoms with Crippen molar-refractivity contribution in [3.63, 3.8) is 0 Å². The van der Waals surface area contributed by atoms with Gasteiger partial charge in [0.15, 0.2) is 0 Å². The second-order valence-corrected chi connectivity index (χ2v) is 9.31. The zero-order chi connectivity index (χ0) is 12.2. The van der Waals surface area contributed by atoms with Crippen LogP contribution in [0.5, 0.6) is 0 Å². The minimum absolute atomic E-state index is 0.363. The molecular weight excluding hydrogens is 302 g/mol. The van der Waals surface area contributed by atoms with Crippen LogP contribution in [0.4, 0.5) is 0 Å². The molecule has 0 aliphatic carbocycles. The highest BCUT2D eigenvalue weighted by molar-refractivity contribution is 9.11. The predicted molar refractivity (Wildman–Crippen MR) is 80.5 cm³/mol. The first kappa shape index (κ1) is 14.6. The Morgan fingerprint density at radius 2 is 2.12 bits per heavy atom. The molecular formula is C12H20BrNS2. The Kier molecular flexibility index (Phi) is 5.85. The number of rotatable bonds is 5. The molecule has 0 fully saturated rings. The van der Waals surface area contributed by atoms with Gasteiger partial charge in [0.05, 0.1) is 3.79 Å². The van der Waals surface area contributed by atoms with Crippen molar-refractivity contribution in [1.29, 1.82) is 0 Å². The summed E-state index contributed by atoms with van der Waals surface area (Å²) < 4.78 is 1.57. The lowest BCUT2D eigenvalue weighted by molar-refractivity contribution is 0.598. The maximum Gasteiger partial charge on any atom is 0.0701 e. The Bertz CT molecular complexity index is 317. The van der Waals surface area contributed by atoms with Gasteiger partial charge in [-0.2, -0.15) is 11.8 Å². The summed E-state index contributed by atoms with van der Waals surface area (Å²) in [4.78, 5) is 1.39. The topological polar surface area (TPSA) is 12.0 Å². The van der Waals surface area contributed by atoms with Gasteiger partial charge in [0, 0.05) is 28.0 Å². The van der Waals surface area contributed by atoms with Gasteiger partial charge in [0.25, 0.3) is 0 Å². The summed E-state index contributed by atoms with van der Waals surface area (Å²) in [5.41, 5.74) is 0. The Hall–Kier alpha value is 0.490. The summed E-state index contributed by atoms with van der Waals surface area (Å²) in [7, 11) is 0. The molecule has 0 spiro atoms. The molecule has 1 N–H and O–H groups in total. The van der Waals surface area contributed by atoms with Crippen molar-refractivity contribution in [3.05, 3.63) is 20.8 Å². The number of hydrogen-bond acceptors (Lipinski definition) is 3. The lowest BCUT2D eigenvalue weighted by Crippen LogP contribution is -2.29. The predicted octanol–water partition coefficient (Wildman–Crippen LogP) is 4.52. The van der Waals surface area contributed by atoms with Crippen molar-refractivity contribution in [3.8, 4) is 0 Å². The number of halogens is 1. The largest absolute Gasteiger partial charge is 0.309 e. The average molecular weight is 322 g/mol. The lowest BCUT2D eigenvalue weighted by atomic mass is 10.3. The smallest absolute Gasteiger partial charge is 0.0701 e. The Morgan fingerprint density at radius 1 is 1.44 bits per heavy atom. The third-order valence-electron chi connectivity index (χ3n) is 2.02. The van der Waals surface area contributed by atoms with E-state index in [9.17, 15) is 0 Å². The summed E-state index contributed by atoms with van der Waals surface area (Å²) in [5, 5.41) is 3.55. The molecule has 1 atom stereocenters. The van der Waals surface area contributed by atoms with E-state index < -0.39 is 0 Å². The summed E-state index contributed by atoms with van der Waals surface area (Å²) in [6, 6.07) is 4.84. The summed E-state index contributed by atoms with van der Waals surface area (Å²) in [5.74, 6) is 1.16. The normalized spacial score (nSPS) is 14.1. The molecule has 0 amide bonds. The van der Waals surface area contributed by atoms with Crippen molar-refractivity contribution < 1.29 is 0 Å². The molecule has 1 aromatic heterocycles. The van der Waals surface area contributed by atoms with Gasteiger partial charge in [-0.3, -0.25) is 0 Å². The molecule has 0 saturated heterocycles. The van der Waals surface area contributed by atoms with Gasteiger partial charge < -0.3 is 5.32 Å². The zero-order valence-corrected chi connectivity index (χ0v) is 13.6. The molecule has 1 nitrogen and oxygen atoms in total. The zero-order valence-electron chi connectivity index (χ0n) is 10.3. The fourth-order valence-electron chi connectivity index (χ4n) is 1.16. The summed E-state index contributed by atoms with van der Waals surface area (Å²) in [6.07, 6.45) is 0. The number of hydrogen-bond donors (Lipinski definition) is 1. The van der Waals surface area contributed by atoms with Gasteiger partial charge in [0.2, 0.25) is 0 Å². The van der Waals surface area contributed by atoms with Crippen LogP contribution in [0.1, 0.15) is 32.6 Å². The Morgan fingerprint density at radius 3 is 2.62 bits per heavy atom. The molecule has 92 valence electrons. The fraction of sp³-hybridized carbons (Fsp3) is 0.667. The van der Waals surface area contributed by atoms with Crippen LogP contribution in [0.3, 0.4) is 0 Å². The highest BCUT2D eigenvalue weighted by Gasteiger charge is 2.12. The van der Waals surface area contributed by atoms with E-state index in [2.05, 4.69) is 61.1 Å². The van der Waals surface area contributed by atoms with Gasteiger partial charge in [-0.05, 0) is 35.0 Å². The first-order valence-electron chi connectivity index (χ1n) is 5.48. The Balaban J connectivity index is 2.22. The van der Waals surface area contributed by atoms with E-state index in [-0.39, 0.29) is 0 Å². The van der Waals surface area contributed by atoms with E-state index in [1.54, 1.807) is 11.3 Å². The number of nitrogens with one attached hydrogen (secondary N) is 1. The van der Waals surface area contributed by atoms with Crippen molar-refractivity contribution >= 4 is 39.0 Å². The van der Waals surface area contributed by atoms with Crippen LogP contribution >= 0.6 is 39.0 Å². The minimum atomic E-state index is 0.363. The second-order valence-electron chi connectivity index (χ2n) is 4.91. The number of thiophene rings is 1. The first-order valence-corrected chi connectivity index (χ1v) is 8.08. The van der Waals surface area contributed by atoms with Crippen molar-refractivity contribution in [2.24, 2.45) is 0 Å². The maximum absolute atomic E-state index is 3.55. The van der Waals surface area contributed by atoms with Crippen LogP contribution in [0, 0.1) is 0 Å². The molecule has 0 aromatic carbocycles. The van der Waals surface area contributed by atoms with E-state index in [1.807, 2.05) is 11.8 Å². The fourth-order valence-corrected chi connectivity index (χ4v) is 3.46. The SMILES string of the molecule is CC(CSC(C)(C)C)NCc1ccc(Br)s1. The van der Waals surface area contributed by atoms with Crippen molar-refractivity contribution in [2.75, 3.05) is 5.75 Å². The monoisotopic (exact) mass is 321 g/mol. The van der Waals surface area contributed by atoms with E-state index in [0.717, 1.165) is 12.3 Å². The van der Waals surface area contributed by atoms with Crippen molar-refractivity contribution in [1.82, 2.24) is 5.32 Å². The first-order chi connectivity index (χ1) is 7.37. The molecule has 0 saturated carbocycles. The highest BCUT2D eigenvalue weighted by atomic mass is 79.9. The second kappa shape index (κ2) is 6.43. The molecule has 1 unspecified atom stereocenters. The van der Waals surface area contributed by atoms with Gasteiger partial charge >= 0.3 is 0 Å². The van der Waals surface area contributed by atoms with E-state index >= 15 is 0 Å². The quantitative estimate of drug-likeness (QED) is 0.855. The van der Waals surface area contributed by atoms with Crippen LogP contribution in [0.2, 0.25) is 0 Å². The molecule has 0 aliphatic rings. The van der Waals surface area contributed by atoms with E-state index in [4.69, 9.17) is 0 Å². The van der Waals surface area contributed by atoms with Crippen LogP contribution in [0.25, 0.3) is 0 Å². The van der Waals surface area contributed by atoms with Crippen LogP contribution < -0.4 is 5.32 Å². The maximum atomic E-state index is 3.55. The third kappa shape index (κ3) is 6.28. The van der Waals surface area contributed by atoms with Crippen molar-refractivity contribution in [2.45, 2.75) is 45.0 Å². The van der Waals surface area contributed by atoms with Gasteiger partial charge in [-0.25, -0.2) is 0 Å². The highest BCUT2D eigenvalue weighted by Crippen LogP contribution is 2.24. The summed E-state index contributed by atoms with van der Waals surface area (Å²) >= 11 is 7.30. The lowest BCUT2D eigenvalue weighted by Gasteiger charge is -2.21. The molecule has 16 heavy (non-hydrogen) atoms. The molecule has 1 aromatic rings. The minimum Gasteiger partial charge on any atom is -0.309 e. The van der Waals surface area contributed by atoms with Gasteiger partial charge in [0.1, 0.15) is 0 Å². The summed E-state index contributed by atoms with van der Waals surface area (Å²) in [6.45, 7) is 10.0. The molecule has 0 aliphatic heterocycles. The molecule has 1 heterocycles. The average Bonchev–Trinajstić information content (AvgIpc) is 2.57. The van der Waals surface area contributed by atoms with E-state index in [1.165, 1.54) is 8.66 Å². The molecule has 0 bridgehead atoms. The third-order valence-corrected chi connectivity index (χ3v) is 5.18. The van der Waals surface area contributed by atoms with Gasteiger partial charge in [-0.15, -0.1) is 11.3 Å². The van der Waals surface area contributed by atoms with E-state index in [0.29, 0.717) is 10.8 Å². The number of thioether (sulfide) groups is 1. The van der Waals surface area contributed by atoms with Crippen LogP contribution in [-0.4, -0.2) is 16.5 Å². The standard InChI is InChI=1S/C12H20BrNS2/c1-9(8-15-12(2,3)4)14-7-10-5-6-11(13)16-10/h5-6,9,14H,7-8H2,1-4H3. The van der Waals surface area contributed by atoms with Gasteiger partial charge in [-0.1, -0.05) is 20.8 Å². The molecule has 1 rings (SSSR count). The van der Waals surface area contributed by atoms with Crippen LogP contribution in [0.15, 0.2) is 15.9 Å². The molecule has 4 heteroatoms.